The average Bonchev–Trinajstić information content (AvgIpc) is 2.30. The number of hydrogen-bond acceptors (Lipinski definition) is 4. The number of aliphatic hydroxyl groups excluding tert-OH is 1. The molecule has 0 saturated heterocycles. The van der Waals surface area contributed by atoms with Gasteiger partial charge in [-0.3, -0.25) is 4.21 Å². The maximum atomic E-state index is 11.6. The molecular weight excluding hydrogens is 308 g/mol. The fourth-order valence-electron chi connectivity index (χ4n) is 1.56. The Morgan fingerprint density at radius 3 is 2.59 bits per heavy atom. The van der Waals surface area contributed by atoms with Crippen LogP contribution in [0.1, 0.15) is 5.56 Å². The molecule has 6 heteroatoms. The van der Waals surface area contributed by atoms with Crippen molar-refractivity contribution in [2.75, 3.05) is 25.6 Å². The fourth-order valence-corrected chi connectivity index (χ4v) is 3.15. The van der Waals surface area contributed by atoms with Gasteiger partial charge in [-0.1, -0.05) is 15.9 Å². The maximum absolute atomic E-state index is 11.6. The second-order valence-corrected chi connectivity index (χ2v) is 6.03. The SMILES string of the molecule is O=S(CCO)Cc1cc2c(cc1Br)OCCO2. The van der Waals surface area contributed by atoms with Crippen molar-refractivity contribution >= 4 is 26.7 Å². The zero-order valence-electron chi connectivity index (χ0n) is 9.15. The van der Waals surface area contributed by atoms with E-state index in [-0.39, 0.29) is 6.61 Å². The Morgan fingerprint density at radius 2 is 1.94 bits per heavy atom. The molecule has 0 fully saturated rings. The van der Waals surface area contributed by atoms with E-state index in [9.17, 15) is 4.21 Å². The van der Waals surface area contributed by atoms with E-state index in [1.165, 1.54) is 0 Å². The van der Waals surface area contributed by atoms with Gasteiger partial charge in [0.25, 0.3) is 0 Å². The number of aliphatic hydroxyl groups is 1. The van der Waals surface area contributed by atoms with Gasteiger partial charge >= 0.3 is 0 Å². The van der Waals surface area contributed by atoms with Crippen molar-refractivity contribution in [2.45, 2.75) is 5.75 Å². The predicted molar refractivity (Wildman–Crippen MR) is 68.9 cm³/mol. The monoisotopic (exact) mass is 320 g/mol. The van der Waals surface area contributed by atoms with Crippen LogP contribution in [-0.2, 0) is 16.6 Å². The fraction of sp³-hybridized carbons (Fsp3) is 0.455. The largest absolute Gasteiger partial charge is 0.486 e. The molecule has 0 aromatic heterocycles. The lowest BCUT2D eigenvalue weighted by molar-refractivity contribution is 0.171. The van der Waals surface area contributed by atoms with Gasteiger partial charge in [0.2, 0.25) is 0 Å². The van der Waals surface area contributed by atoms with Crippen molar-refractivity contribution in [3.05, 3.63) is 22.2 Å². The molecule has 0 aliphatic carbocycles. The highest BCUT2D eigenvalue weighted by molar-refractivity contribution is 9.10. The summed E-state index contributed by atoms with van der Waals surface area (Å²) in [6, 6.07) is 3.67. The van der Waals surface area contributed by atoms with Gasteiger partial charge in [0.1, 0.15) is 13.2 Å². The van der Waals surface area contributed by atoms with Crippen LogP contribution >= 0.6 is 15.9 Å². The van der Waals surface area contributed by atoms with Gasteiger partial charge in [0.15, 0.2) is 11.5 Å². The quantitative estimate of drug-likeness (QED) is 0.912. The summed E-state index contributed by atoms with van der Waals surface area (Å²) in [5, 5.41) is 8.73. The summed E-state index contributed by atoms with van der Waals surface area (Å²) < 4.78 is 23.4. The standard InChI is InChI=1S/C11H13BrO4S/c12-9-6-11-10(15-2-3-16-11)5-8(9)7-17(14)4-1-13/h5-6,13H,1-4,7H2. The molecule has 1 N–H and O–H groups in total. The van der Waals surface area contributed by atoms with Crippen LogP contribution in [0.15, 0.2) is 16.6 Å². The highest BCUT2D eigenvalue weighted by Gasteiger charge is 2.15. The van der Waals surface area contributed by atoms with Crippen molar-refractivity contribution in [1.82, 2.24) is 0 Å². The highest BCUT2D eigenvalue weighted by Crippen LogP contribution is 2.35. The van der Waals surface area contributed by atoms with Crippen molar-refractivity contribution in [3.8, 4) is 11.5 Å². The van der Waals surface area contributed by atoms with Crippen LogP contribution in [0, 0.1) is 0 Å². The number of benzene rings is 1. The molecule has 1 atom stereocenters. The van der Waals surface area contributed by atoms with Crippen molar-refractivity contribution in [3.63, 3.8) is 0 Å². The van der Waals surface area contributed by atoms with E-state index in [4.69, 9.17) is 14.6 Å². The zero-order chi connectivity index (χ0) is 12.3. The average molecular weight is 321 g/mol. The Bertz CT molecular complexity index is 436. The summed E-state index contributed by atoms with van der Waals surface area (Å²) in [4.78, 5) is 0. The molecule has 1 unspecified atom stereocenters. The summed E-state index contributed by atoms with van der Waals surface area (Å²) in [5.74, 6) is 2.09. The zero-order valence-corrected chi connectivity index (χ0v) is 11.6. The van der Waals surface area contributed by atoms with Crippen LogP contribution < -0.4 is 9.47 Å². The predicted octanol–water partition coefficient (Wildman–Crippen LogP) is 1.46. The van der Waals surface area contributed by atoms with E-state index in [2.05, 4.69) is 15.9 Å². The van der Waals surface area contributed by atoms with E-state index >= 15 is 0 Å². The van der Waals surface area contributed by atoms with Crippen LogP contribution in [0.25, 0.3) is 0 Å². The van der Waals surface area contributed by atoms with E-state index in [0.717, 1.165) is 10.0 Å². The minimum Gasteiger partial charge on any atom is -0.486 e. The Hall–Kier alpha value is -0.590. The smallest absolute Gasteiger partial charge is 0.162 e. The van der Waals surface area contributed by atoms with Gasteiger partial charge < -0.3 is 14.6 Å². The number of fused-ring (bicyclic) bond motifs is 1. The summed E-state index contributed by atoms with van der Waals surface area (Å²) in [6.07, 6.45) is 0. The third-order valence-electron chi connectivity index (χ3n) is 2.35. The summed E-state index contributed by atoms with van der Waals surface area (Å²) in [5.41, 5.74) is 0.904. The first-order valence-electron chi connectivity index (χ1n) is 5.24. The van der Waals surface area contributed by atoms with Gasteiger partial charge in [-0.05, 0) is 17.7 Å². The molecule has 2 rings (SSSR count). The van der Waals surface area contributed by atoms with E-state index < -0.39 is 10.8 Å². The van der Waals surface area contributed by atoms with Crippen molar-refractivity contribution in [1.29, 1.82) is 0 Å². The van der Waals surface area contributed by atoms with Crippen LogP contribution in [0.2, 0.25) is 0 Å². The second-order valence-electron chi connectivity index (χ2n) is 3.60. The molecule has 0 bridgehead atoms. The van der Waals surface area contributed by atoms with Crippen LogP contribution in [0.5, 0.6) is 11.5 Å². The second kappa shape index (κ2) is 5.84. The molecule has 0 saturated carbocycles. The molecule has 1 aliphatic rings. The normalized spacial score (nSPS) is 15.6. The summed E-state index contributed by atoms with van der Waals surface area (Å²) in [6.45, 7) is 1.03. The van der Waals surface area contributed by atoms with Crippen molar-refractivity contribution in [2.24, 2.45) is 0 Å². The minimum atomic E-state index is -1.06. The molecule has 0 radical (unpaired) electrons. The molecule has 1 heterocycles. The maximum Gasteiger partial charge on any atom is 0.162 e. The van der Waals surface area contributed by atoms with Gasteiger partial charge in [-0.25, -0.2) is 0 Å². The number of halogens is 1. The first-order valence-corrected chi connectivity index (χ1v) is 7.52. The Balaban J connectivity index is 2.19. The molecule has 1 aliphatic heterocycles. The Labute approximate surface area is 111 Å². The molecule has 1 aromatic carbocycles. The Kier molecular flexibility index (Phi) is 4.42. The molecule has 0 spiro atoms. The molecule has 1 aromatic rings. The number of hydrogen-bond donors (Lipinski definition) is 1. The lowest BCUT2D eigenvalue weighted by Gasteiger charge is -2.19. The van der Waals surface area contributed by atoms with Gasteiger partial charge in [-0.2, -0.15) is 0 Å². The van der Waals surface area contributed by atoms with E-state index in [1.807, 2.05) is 12.1 Å². The molecule has 4 nitrogen and oxygen atoms in total. The third-order valence-corrected chi connectivity index (χ3v) is 4.36. The minimum absolute atomic E-state index is 0.0607. The lowest BCUT2D eigenvalue weighted by atomic mass is 10.2. The van der Waals surface area contributed by atoms with Gasteiger partial charge in [0, 0.05) is 26.8 Å². The molecule has 0 amide bonds. The topological polar surface area (TPSA) is 55.8 Å². The highest BCUT2D eigenvalue weighted by atomic mass is 79.9. The summed E-state index contributed by atoms with van der Waals surface area (Å²) >= 11 is 3.42. The van der Waals surface area contributed by atoms with Gasteiger partial charge in [-0.15, -0.1) is 0 Å². The van der Waals surface area contributed by atoms with Gasteiger partial charge in [0.05, 0.1) is 6.61 Å². The summed E-state index contributed by atoms with van der Waals surface area (Å²) in [7, 11) is -1.06. The lowest BCUT2D eigenvalue weighted by Crippen LogP contribution is -2.16. The van der Waals surface area contributed by atoms with Crippen molar-refractivity contribution < 1.29 is 18.8 Å². The number of rotatable bonds is 4. The van der Waals surface area contributed by atoms with Crippen LogP contribution in [0.3, 0.4) is 0 Å². The first-order chi connectivity index (χ1) is 8.20. The van der Waals surface area contributed by atoms with Crippen LogP contribution in [0.4, 0.5) is 0 Å². The number of ether oxygens (including phenoxy) is 2. The first kappa shape index (κ1) is 12.9. The molecule has 17 heavy (non-hydrogen) atoms. The van der Waals surface area contributed by atoms with E-state index in [1.54, 1.807) is 0 Å². The molecular formula is C11H13BrO4S. The van der Waals surface area contributed by atoms with E-state index in [0.29, 0.717) is 36.2 Å². The molecule has 94 valence electrons. The Morgan fingerprint density at radius 1 is 1.29 bits per heavy atom. The van der Waals surface area contributed by atoms with Crippen LogP contribution in [-0.4, -0.2) is 34.9 Å². The third kappa shape index (κ3) is 3.20.